The monoisotopic (exact) mass is 421 g/mol. The average molecular weight is 421 g/mol. The zero-order valence-corrected chi connectivity index (χ0v) is 17.0. The minimum Gasteiger partial charge on any atom is -0.486 e. The molecule has 0 unspecified atom stereocenters. The standard InChI is InChI=1S/C23H23N3O5/c27-23(25-14-12-24(13-15-25)16-18-4-2-1-3-5-18)22-11-10-21(31-22)17-30-20-8-6-19(7-9-20)26(28)29/h1-11H,12-17H2. The number of nitro groups is 1. The van der Waals surface area contributed by atoms with Crippen LogP contribution in [0.4, 0.5) is 5.69 Å². The van der Waals surface area contributed by atoms with E-state index in [0.29, 0.717) is 30.4 Å². The van der Waals surface area contributed by atoms with Gasteiger partial charge in [0, 0.05) is 44.9 Å². The van der Waals surface area contributed by atoms with Crippen LogP contribution in [0.15, 0.2) is 71.1 Å². The smallest absolute Gasteiger partial charge is 0.289 e. The highest BCUT2D eigenvalue weighted by Crippen LogP contribution is 2.20. The van der Waals surface area contributed by atoms with Gasteiger partial charge < -0.3 is 14.1 Å². The zero-order valence-electron chi connectivity index (χ0n) is 17.0. The number of ether oxygens (including phenoxy) is 1. The fourth-order valence-electron chi connectivity index (χ4n) is 3.50. The third-order valence-corrected chi connectivity index (χ3v) is 5.21. The van der Waals surface area contributed by atoms with Gasteiger partial charge in [0.15, 0.2) is 5.76 Å². The average Bonchev–Trinajstić information content (AvgIpc) is 3.28. The van der Waals surface area contributed by atoms with Crippen molar-refractivity contribution in [2.75, 3.05) is 26.2 Å². The van der Waals surface area contributed by atoms with Gasteiger partial charge in [0.1, 0.15) is 18.1 Å². The highest BCUT2D eigenvalue weighted by Gasteiger charge is 2.24. The van der Waals surface area contributed by atoms with Crippen LogP contribution in [-0.4, -0.2) is 46.8 Å². The lowest BCUT2D eigenvalue weighted by molar-refractivity contribution is -0.384. The van der Waals surface area contributed by atoms with Crippen LogP contribution in [0.2, 0.25) is 0 Å². The second-order valence-corrected chi connectivity index (χ2v) is 7.36. The molecule has 31 heavy (non-hydrogen) atoms. The second kappa shape index (κ2) is 9.44. The van der Waals surface area contributed by atoms with Gasteiger partial charge in [0.25, 0.3) is 11.6 Å². The van der Waals surface area contributed by atoms with E-state index in [1.807, 2.05) is 18.2 Å². The molecule has 1 aliphatic rings. The van der Waals surface area contributed by atoms with Crippen LogP contribution >= 0.6 is 0 Å². The molecule has 4 rings (SSSR count). The molecule has 0 radical (unpaired) electrons. The molecule has 1 aliphatic heterocycles. The maximum atomic E-state index is 12.8. The van der Waals surface area contributed by atoms with Gasteiger partial charge in [0.2, 0.25) is 0 Å². The molecular weight excluding hydrogens is 398 g/mol. The fraction of sp³-hybridized carbons (Fsp3) is 0.261. The highest BCUT2D eigenvalue weighted by molar-refractivity contribution is 5.91. The molecule has 0 saturated carbocycles. The van der Waals surface area contributed by atoms with Gasteiger partial charge in [-0.1, -0.05) is 30.3 Å². The molecule has 1 fully saturated rings. The number of non-ortho nitro benzene ring substituents is 1. The summed E-state index contributed by atoms with van der Waals surface area (Å²) in [6.45, 7) is 3.96. The van der Waals surface area contributed by atoms with Gasteiger partial charge in [-0.25, -0.2) is 0 Å². The van der Waals surface area contributed by atoms with Gasteiger partial charge in [-0.05, 0) is 29.8 Å². The molecule has 3 aromatic rings. The third kappa shape index (κ3) is 5.29. The van der Waals surface area contributed by atoms with Crippen LogP contribution in [0.1, 0.15) is 21.9 Å². The van der Waals surface area contributed by atoms with Crippen LogP contribution in [0, 0.1) is 10.1 Å². The number of hydrogen-bond acceptors (Lipinski definition) is 6. The van der Waals surface area contributed by atoms with Gasteiger partial charge >= 0.3 is 0 Å². The molecule has 2 heterocycles. The van der Waals surface area contributed by atoms with E-state index in [1.54, 1.807) is 17.0 Å². The molecule has 0 aliphatic carbocycles. The van der Waals surface area contributed by atoms with E-state index in [-0.39, 0.29) is 18.2 Å². The van der Waals surface area contributed by atoms with Crippen LogP contribution in [-0.2, 0) is 13.2 Å². The van der Waals surface area contributed by atoms with Crippen molar-refractivity contribution in [3.05, 3.63) is 93.9 Å². The first-order valence-electron chi connectivity index (χ1n) is 10.1. The minimum absolute atomic E-state index is 0.00194. The quantitative estimate of drug-likeness (QED) is 0.427. The van der Waals surface area contributed by atoms with Crippen molar-refractivity contribution in [3.8, 4) is 5.75 Å². The first kappa shape index (κ1) is 20.6. The molecule has 2 aromatic carbocycles. The number of furan rings is 1. The molecule has 0 bridgehead atoms. The number of rotatable bonds is 7. The Kier molecular flexibility index (Phi) is 6.28. The largest absolute Gasteiger partial charge is 0.486 e. The molecule has 0 N–H and O–H groups in total. The summed E-state index contributed by atoms with van der Waals surface area (Å²) < 4.78 is 11.3. The normalized spacial score (nSPS) is 14.4. The molecule has 1 amide bonds. The van der Waals surface area contributed by atoms with Crippen molar-refractivity contribution >= 4 is 11.6 Å². The van der Waals surface area contributed by atoms with E-state index in [0.717, 1.165) is 19.6 Å². The Labute approximate surface area is 179 Å². The Morgan fingerprint density at radius 3 is 2.35 bits per heavy atom. The van der Waals surface area contributed by atoms with Crippen molar-refractivity contribution in [2.24, 2.45) is 0 Å². The van der Waals surface area contributed by atoms with Gasteiger partial charge in [-0.3, -0.25) is 19.8 Å². The lowest BCUT2D eigenvalue weighted by Crippen LogP contribution is -2.48. The van der Waals surface area contributed by atoms with E-state index < -0.39 is 4.92 Å². The van der Waals surface area contributed by atoms with E-state index >= 15 is 0 Å². The number of carbonyl (C=O) groups excluding carboxylic acids is 1. The molecule has 0 atom stereocenters. The second-order valence-electron chi connectivity index (χ2n) is 7.36. The van der Waals surface area contributed by atoms with Crippen molar-refractivity contribution in [3.63, 3.8) is 0 Å². The van der Waals surface area contributed by atoms with Crippen LogP contribution < -0.4 is 4.74 Å². The van der Waals surface area contributed by atoms with Crippen molar-refractivity contribution in [2.45, 2.75) is 13.2 Å². The van der Waals surface area contributed by atoms with E-state index in [9.17, 15) is 14.9 Å². The number of carbonyl (C=O) groups is 1. The topological polar surface area (TPSA) is 89.1 Å². The lowest BCUT2D eigenvalue weighted by Gasteiger charge is -2.34. The molecule has 160 valence electrons. The van der Waals surface area contributed by atoms with Crippen molar-refractivity contribution < 1.29 is 18.9 Å². The summed E-state index contributed by atoms with van der Waals surface area (Å²) in [6.07, 6.45) is 0. The Morgan fingerprint density at radius 2 is 1.68 bits per heavy atom. The summed E-state index contributed by atoms with van der Waals surface area (Å²) >= 11 is 0. The summed E-state index contributed by atoms with van der Waals surface area (Å²) in [5.41, 5.74) is 1.27. The Morgan fingerprint density at radius 1 is 0.968 bits per heavy atom. The summed E-state index contributed by atoms with van der Waals surface area (Å²) in [5, 5.41) is 10.7. The van der Waals surface area contributed by atoms with E-state index in [1.165, 1.54) is 29.8 Å². The number of amides is 1. The third-order valence-electron chi connectivity index (χ3n) is 5.21. The number of nitrogens with zero attached hydrogens (tertiary/aromatic N) is 3. The van der Waals surface area contributed by atoms with Crippen LogP contribution in [0.3, 0.4) is 0 Å². The Balaban J connectivity index is 1.27. The SMILES string of the molecule is O=C(c1ccc(COc2ccc([N+](=O)[O-])cc2)o1)N1CCN(Cc2ccccc2)CC1. The van der Waals surface area contributed by atoms with Crippen molar-refractivity contribution in [1.29, 1.82) is 0 Å². The first-order chi connectivity index (χ1) is 15.1. The molecule has 8 heteroatoms. The van der Waals surface area contributed by atoms with Crippen LogP contribution in [0.25, 0.3) is 0 Å². The number of nitro benzene ring substituents is 1. The molecule has 1 saturated heterocycles. The summed E-state index contributed by atoms with van der Waals surface area (Å²) in [5.74, 6) is 1.17. The number of benzene rings is 2. The van der Waals surface area contributed by atoms with E-state index in [2.05, 4.69) is 17.0 Å². The molecule has 8 nitrogen and oxygen atoms in total. The predicted octanol–water partition coefficient (Wildman–Crippen LogP) is 3.72. The van der Waals surface area contributed by atoms with Crippen molar-refractivity contribution in [1.82, 2.24) is 9.80 Å². The van der Waals surface area contributed by atoms with E-state index in [4.69, 9.17) is 9.15 Å². The molecular formula is C23H23N3O5. The van der Waals surface area contributed by atoms with Gasteiger partial charge in [0.05, 0.1) is 4.92 Å². The predicted molar refractivity (Wildman–Crippen MR) is 114 cm³/mol. The Bertz CT molecular complexity index is 1020. The first-order valence-corrected chi connectivity index (χ1v) is 10.1. The molecule has 0 spiro atoms. The minimum atomic E-state index is -0.463. The maximum Gasteiger partial charge on any atom is 0.289 e. The van der Waals surface area contributed by atoms with Crippen LogP contribution in [0.5, 0.6) is 5.75 Å². The fourth-order valence-corrected chi connectivity index (χ4v) is 3.50. The van der Waals surface area contributed by atoms with Gasteiger partial charge in [-0.2, -0.15) is 0 Å². The summed E-state index contributed by atoms with van der Waals surface area (Å²) in [4.78, 5) is 27.1. The Hall–Kier alpha value is -3.65. The lowest BCUT2D eigenvalue weighted by atomic mass is 10.2. The highest BCUT2D eigenvalue weighted by atomic mass is 16.6. The maximum absolute atomic E-state index is 12.8. The molecule has 1 aromatic heterocycles. The van der Waals surface area contributed by atoms with Gasteiger partial charge in [-0.15, -0.1) is 0 Å². The number of piperazine rings is 1. The zero-order chi connectivity index (χ0) is 21.6. The summed E-state index contributed by atoms with van der Waals surface area (Å²) in [6, 6.07) is 19.5. The number of hydrogen-bond donors (Lipinski definition) is 0. The summed E-state index contributed by atoms with van der Waals surface area (Å²) in [7, 11) is 0.